The van der Waals surface area contributed by atoms with Gasteiger partial charge < -0.3 is 5.32 Å². The molecule has 3 aromatic rings. The lowest BCUT2D eigenvalue weighted by molar-refractivity contribution is -0.125. The summed E-state index contributed by atoms with van der Waals surface area (Å²) in [6.45, 7) is 1.98. The van der Waals surface area contributed by atoms with Crippen molar-refractivity contribution in [2.45, 2.75) is 13.5 Å². The molecule has 0 aliphatic carbocycles. The monoisotopic (exact) mass is 440 g/mol. The number of thioether (sulfide) groups is 1. The topological polar surface area (TPSA) is 84.3 Å². The third-order valence-corrected chi connectivity index (χ3v) is 5.59. The Hall–Kier alpha value is -3.10. The Kier molecular flexibility index (Phi) is 5.61. The first-order valence-electron chi connectivity index (χ1n) is 9.11. The van der Waals surface area contributed by atoms with Crippen LogP contribution in [0.25, 0.3) is 5.69 Å². The van der Waals surface area contributed by atoms with Crippen LogP contribution in [0.2, 0.25) is 5.02 Å². The molecule has 3 amide bonds. The number of benzene rings is 2. The van der Waals surface area contributed by atoms with Crippen LogP contribution in [0, 0.1) is 6.92 Å². The molecule has 0 unspecified atom stereocenters. The summed E-state index contributed by atoms with van der Waals surface area (Å²) < 4.78 is 1.61. The quantitative estimate of drug-likeness (QED) is 0.640. The van der Waals surface area contributed by atoms with Crippen molar-refractivity contribution in [1.82, 2.24) is 14.7 Å². The summed E-state index contributed by atoms with van der Waals surface area (Å²) >= 11 is 7.07. The first-order valence-corrected chi connectivity index (χ1v) is 10.5. The van der Waals surface area contributed by atoms with E-state index in [9.17, 15) is 14.4 Å². The van der Waals surface area contributed by atoms with Gasteiger partial charge in [-0.3, -0.25) is 19.3 Å². The second-order valence-corrected chi connectivity index (χ2v) is 8.11. The molecular formula is C21H17ClN4O3S. The predicted octanol–water partition coefficient (Wildman–Crippen LogP) is 4.28. The summed E-state index contributed by atoms with van der Waals surface area (Å²) in [5, 5.41) is 7.60. The lowest BCUT2D eigenvalue weighted by Gasteiger charge is -2.14. The molecule has 1 saturated heterocycles. The van der Waals surface area contributed by atoms with E-state index in [1.807, 2.05) is 19.1 Å². The zero-order chi connectivity index (χ0) is 21.3. The largest absolute Gasteiger partial charge is 0.306 e. The van der Waals surface area contributed by atoms with Crippen LogP contribution in [0.5, 0.6) is 0 Å². The van der Waals surface area contributed by atoms with E-state index in [4.69, 9.17) is 11.6 Å². The van der Waals surface area contributed by atoms with Gasteiger partial charge >= 0.3 is 0 Å². The fraction of sp³-hybridized carbons (Fsp3) is 0.143. The Labute approximate surface area is 182 Å². The van der Waals surface area contributed by atoms with E-state index < -0.39 is 0 Å². The van der Waals surface area contributed by atoms with Crippen LogP contribution in [0.15, 0.2) is 54.6 Å². The lowest BCUT2D eigenvalue weighted by atomic mass is 10.1. The molecule has 7 nitrogen and oxygen atoms in total. The lowest BCUT2D eigenvalue weighted by Crippen LogP contribution is -2.28. The third-order valence-electron chi connectivity index (χ3n) is 4.50. The number of anilines is 1. The second kappa shape index (κ2) is 8.33. The number of aromatic nitrogens is 2. The minimum atomic E-state index is -0.325. The van der Waals surface area contributed by atoms with Crippen LogP contribution in [-0.4, -0.2) is 37.5 Å². The van der Waals surface area contributed by atoms with Crippen LogP contribution in [-0.2, 0) is 11.3 Å². The summed E-state index contributed by atoms with van der Waals surface area (Å²) in [7, 11) is 0. The maximum atomic E-state index is 12.9. The van der Waals surface area contributed by atoms with Gasteiger partial charge in [-0.1, -0.05) is 41.6 Å². The minimum Gasteiger partial charge on any atom is -0.306 e. The standard InChI is InChI=1S/C21H17ClN4O3S/c1-13-8-18(26(24-13)17-7-3-6-16(22)10-17)23-20(28)15-5-2-4-14(9-15)11-25-19(27)12-30-21(25)29/h2-10H,11-12H2,1H3,(H,23,28). The van der Waals surface area contributed by atoms with E-state index in [2.05, 4.69) is 10.4 Å². The van der Waals surface area contributed by atoms with Crippen molar-refractivity contribution in [3.8, 4) is 5.69 Å². The van der Waals surface area contributed by atoms with Gasteiger partial charge in [-0.15, -0.1) is 0 Å². The Morgan fingerprint density at radius 1 is 1.17 bits per heavy atom. The van der Waals surface area contributed by atoms with Crippen LogP contribution in [0.1, 0.15) is 21.6 Å². The number of rotatable bonds is 5. The average Bonchev–Trinajstić information content (AvgIpc) is 3.24. The normalized spacial score (nSPS) is 13.7. The number of hydrogen-bond acceptors (Lipinski definition) is 5. The highest BCUT2D eigenvalue weighted by molar-refractivity contribution is 8.14. The molecule has 1 aliphatic heterocycles. The van der Waals surface area contributed by atoms with Crippen molar-refractivity contribution in [2.75, 3.05) is 11.1 Å². The molecule has 2 aromatic carbocycles. The number of nitrogens with one attached hydrogen (secondary N) is 1. The molecule has 30 heavy (non-hydrogen) atoms. The smallest absolute Gasteiger partial charge is 0.289 e. The molecule has 0 radical (unpaired) electrons. The van der Waals surface area contributed by atoms with E-state index in [0.29, 0.717) is 22.0 Å². The zero-order valence-corrected chi connectivity index (χ0v) is 17.5. The van der Waals surface area contributed by atoms with Crippen LogP contribution in [0.3, 0.4) is 0 Å². The summed E-state index contributed by atoms with van der Waals surface area (Å²) in [6, 6.07) is 15.8. The molecule has 152 valence electrons. The number of aryl methyl sites for hydroxylation is 1. The Morgan fingerprint density at radius 3 is 2.70 bits per heavy atom. The highest BCUT2D eigenvalue weighted by Crippen LogP contribution is 2.23. The predicted molar refractivity (Wildman–Crippen MR) is 116 cm³/mol. The van der Waals surface area contributed by atoms with Gasteiger partial charge in [0.05, 0.1) is 23.7 Å². The molecule has 0 spiro atoms. The molecule has 1 aromatic heterocycles. The summed E-state index contributed by atoms with van der Waals surface area (Å²) in [5.74, 6) is 0.118. The van der Waals surface area contributed by atoms with Crippen molar-refractivity contribution in [2.24, 2.45) is 0 Å². The molecule has 2 heterocycles. The van der Waals surface area contributed by atoms with E-state index >= 15 is 0 Å². The fourth-order valence-electron chi connectivity index (χ4n) is 3.11. The number of hydrogen-bond donors (Lipinski definition) is 1. The maximum Gasteiger partial charge on any atom is 0.289 e. The number of amides is 3. The van der Waals surface area contributed by atoms with Gasteiger partial charge in [-0.25, -0.2) is 4.68 Å². The van der Waals surface area contributed by atoms with Crippen LogP contribution in [0.4, 0.5) is 10.6 Å². The third kappa shape index (κ3) is 4.24. The molecule has 9 heteroatoms. The number of imide groups is 1. The van der Waals surface area contributed by atoms with Gasteiger partial charge in [-0.2, -0.15) is 5.10 Å². The van der Waals surface area contributed by atoms with Gasteiger partial charge in [-0.05, 0) is 42.8 Å². The van der Waals surface area contributed by atoms with Gasteiger partial charge in [0.2, 0.25) is 5.91 Å². The fourth-order valence-corrected chi connectivity index (χ4v) is 4.02. The maximum absolute atomic E-state index is 12.9. The van der Waals surface area contributed by atoms with E-state index in [1.165, 1.54) is 4.90 Å². The van der Waals surface area contributed by atoms with Crippen molar-refractivity contribution in [3.63, 3.8) is 0 Å². The molecule has 1 aliphatic rings. The molecular weight excluding hydrogens is 424 g/mol. The van der Waals surface area contributed by atoms with Gasteiger partial charge in [0.15, 0.2) is 0 Å². The first kappa shape index (κ1) is 20.2. The van der Waals surface area contributed by atoms with Crippen molar-refractivity contribution >= 4 is 46.2 Å². The van der Waals surface area contributed by atoms with E-state index in [-0.39, 0.29) is 29.4 Å². The average molecular weight is 441 g/mol. The minimum absolute atomic E-state index is 0.144. The Bertz CT molecular complexity index is 1140. The number of carbonyl (C=O) groups is 3. The van der Waals surface area contributed by atoms with Gasteiger partial charge in [0, 0.05) is 16.7 Å². The van der Waals surface area contributed by atoms with E-state index in [0.717, 1.165) is 23.1 Å². The molecule has 1 N–H and O–H groups in total. The van der Waals surface area contributed by atoms with E-state index in [1.54, 1.807) is 47.1 Å². The molecule has 0 bridgehead atoms. The number of carbonyl (C=O) groups excluding carboxylic acids is 3. The Morgan fingerprint density at radius 2 is 1.97 bits per heavy atom. The summed E-state index contributed by atoms with van der Waals surface area (Å²) in [4.78, 5) is 37.7. The molecule has 4 rings (SSSR count). The second-order valence-electron chi connectivity index (χ2n) is 6.75. The highest BCUT2D eigenvalue weighted by atomic mass is 35.5. The number of halogens is 1. The van der Waals surface area contributed by atoms with Gasteiger partial charge in [0.25, 0.3) is 11.1 Å². The SMILES string of the molecule is Cc1cc(NC(=O)c2cccc(CN3C(=O)CSC3=O)c2)n(-c2cccc(Cl)c2)n1. The Balaban J connectivity index is 1.55. The molecule has 0 atom stereocenters. The summed E-state index contributed by atoms with van der Waals surface area (Å²) in [5.41, 5.74) is 2.58. The van der Waals surface area contributed by atoms with Gasteiger partial charge in [0.1, 0.15) is 5.82 Å². The van der Waals surface area contributed by atoms with Crippen molar-refractivity contribution < 1.29 is 14.4 Å². The summed E-state index contributed by atoms with van der Waals surface area (Å²) in [6.07, 6.45) is 0. The van der Waals surface area contributed by atoms with Crippen molar-refractivity contribution in [3.05, 3.63) is 76.4 Å². The van der Waals surface area contributed by atoms with Crippen molar-refractivity contribution in [1.29, 1.82) is 0 Å². The molecule has 1 fully saturated rings. The first-order chi connectivity index (χ1) is 14.4. The zero-order valence-electron chi connectivity index (χ0n) is 16.0. The molecule has 0 saturated carbocycles. The highest BCUT2D eigenvalue weighted by Gasteiger charge is 2.29. The van der Waals surface area contributed by atoms with Crippen LogP contribution >= 0.6 is 23.4 Å². The van der Waals surface area contributed by atoms with Crippen LogP contribution < -0.4 is 5.32 Å². The number of nitrogens with zero attached hydrogens (tertiary/aromatic N) is 3.